The minimum absolute atomic E-state index is 0.125. The van der Waals surface area contributed by atoms with Gasteiger partial charge in [-0.2, -0.15) is 18.2 Å². The van der Waals surface area contributed by atoms with Gasteiger partial charge in [-0.25, -0.2) is 18.0 Å². The van der Waals surface area contributed by atoms with Gasteiger partial charge in [-0.05, 0) is 24.3 Å². The molecule has 1 saturated heterocycles. The minimum Gasteiger partial charge on any atom is -0.336 e. The van der Waals surface area contributed by atoms with E-state index in [1.165, 1.54) is 0 Å². The zero-order valence-corrected chi connectivity index (χ0v) is 14.7. The zero-order valence-electron chi connectivity index (χ0n) is 14.7. The molecule has 0 radical (unpaired) electrons. The van der Waals surface area contributed by atoms with Crippen LogP contribution in [0.3, 0.4) is 0 Å². The molecule has 0 atom stereocenters. The van der Waals surface area contributed by atoms with Crippen molar-refractivity contribution in [1.82, 2.24) is 15.5 Å². The molecule has 4 rings (SSSR count). The molecule has 0 bridgehead atoms. The molecule has 1 aliphatic heterocycles. The van der Waals surface area contributed by atoms with Crippen LogP contribution in [-0.4, -0.2) is 29.3 Å². The Kier molecular flexibility index (Phi) is 4.63. The molecule has 156 valence electrons. The number of halogens is 6. The monoisotopic (exact) mass is 428 g/mol. The highest BCUT2D eigenvalue weighted by Crippen LogP contribution is 2.38. The first-order valence-corrected chi connectivity index (χ1v) is 8.41. The molecule has 2 amide bonds. The van der Waals surface area contributed by atoms with Gasteiger partial charge < -0.3 is 9.84 Å². The lowest BCUT2D eigenvalue weighted by Crippen LogP contribution is -2.28. The summed E-state index contributed by atoms with van der Waals surface area (Å²) < 4.78 is 86.3. The lowest BCUT2D eigenvalue weighted by molar-refractivity contribution is -0.137. The van der Waals surface area contributed by atoms with E-state index in [4.69, 9.17) is 4.52 Å². The van der Waals surface area contributed by atoms with E-state index in [0.29, 0.717) is 6.07 Å². The van der Waals surface area contributed by atoms with Gasteiger partial charge >= 0.3 is 12.2 Å². The molecule has 1 aromatic heterocycles. The molecule has 0 spiro atoms. The molecule has 30 heavy (non-hydrogen) atoms. The number of amides is 2. The molecule has 0 aliphatic carbocycles. The highest BCUT2D eigenvalue weighted by molar-refractivity contribution is 5.94. The number of hydrogen-bond donors (Lipinski definition) is 1. The van der Waals surface area contributed by atoms with Gasteiger partial charge in [0.1, 0.15) is 17.5 Å². The van der Waals surface area contributed by atoms with Crippen molar-refractivity contribution in [3.05, 3.63) is 53.3 Å². The summed E-state index contributed by atoms with van der Waals surface area (Å²) in [5, 5.41) is 5.87. The molecule has 1 aliphatic rings. The lowest BCUT2D eigenvalue weighted by atomic mass is 10.1. The summed E-state index contributed by atoms with van der Waals surface area (Å²) in [4.78, 5) is 16.5. The van der Waals surface area contributed by atoms with Crippen LogP contribution in [0, 0.1) is 17.5 Å². The Morgan fingerprint density at radius 2 is 1.80 bits per heavy atom. The van der Waals surface area contributed by atoms with Gasteiger partial charge in [0.25, 0.3) is 5.89 Å². The number of nitrogens with one attached hydrogen (secondary N) is 1. The van der Waals surface area contributed by atoms with Gasteiger partial charge in [0.2, 0.25) is 5.82 Å². The van der Waals surface area contributed by atoms with Crippen LogP contribution in [0.5, 0.6) is 0 Å². The van der Waals surface area contributed by atoms with E-state index in [2.05, 4.69) is 15.5 Å². The second-order valence-electron chi connectivity index (χ2n) is 6.28. The molecule has 3 aromatic rings. The van der Waals surface area contributed by atoms with Gasteiger partial charge in [0, 0.05) is 24.7 Å². The molecule has 1 N–H and O–H groups in total. The Morgan fingerprint density at radius 1 is 1.03 bits per heavy atom. The van der Waals surface area contributed by atoms with Gasteiger partial charge in [0.05, 0.1) is 16.8 Å². The number of benzene rings is 2. The highest BCUT2D eigenvalue weighted by atomic mass is 19.4. The Hall–Kier alpha value is -3.57. The third kappa shape index (κ3) is 3.44. The molecule has 2 aromatic carbocycles. The number of carbonyl (C=O) groups excluding carboxylic acids is 1. The fraction of sp³-hybridized carbons (Fsp3) is 0.167. The summed E-state index contributed by atoms with van der Waals surface area (Å²) in [5.41, 5.74) is -2.61. The van der Waals surface area contributed by atoms with E-state index >= 15 is 0 Å². The van der Waals surface area contributed by atoms with E-state index in [0.717, 1.165) is 23.1 Å². The number of carbonyl (C=O) groups is 1. The van der Waals surface area contributed by atoms with Crippen LogP contribution in [0.1, 0.15) is 5.56 Å². The largest absolute Gasteiger partial charge is 0.417 e. The summed E-state index contributed by atoms with van der Waals surface area (Å²) in [6.07, 6.45) is -4.91. The second-order valence-corrected chi connectivity index (χ2v) is 6.28. The normalized spacial score (nSPS) is 14.3. The SMILES string of the molecule is O=C1NCCN1c1cc(-c2nc(-c3ccc(F)cc3C(F)(F)F)no2)c(F)cc1F. The second kappa shape index (κ2) is 7.04. The van der Waals surface area contributed by atoms with E-state index in [1.54, 1.807) is 0 Å². The first kappa shape index (κ1) is 19.7. The van der Waals surface area contributed by atoms with Crippen molar-refractivity contribution < 1.29 is 35.7 Å². The van der Waals surface area contributed by atoms with Crippen LogP contribution in [0.15, 0.2) is 34.9 Å². The fourth-order valence-corrected chi connectivity index (χ4v) is 3.00. The lowest BCUT2D eigenvalue weighted by Gasteiger charge is -2.16. The third-order valence-electron chi connectivity index (χ3n) is 4.37. The fourth-order valence-electron chi connectivity index (χ4n) is 3.00. The number of alkyl halides is 3. The Balaban J connectivity index is 1.78. The molecule has 0 saturated carbocycles. The van der Waals surface area contributed by atoms with Gasteiger partial charge in [0.15, 0.2) is 0 Å². The van der Waals surface area contributed by atoms with Crippen molar-refractivity contribution in [3.8, 4) is 22.8 Å². The quantitative estimate of drug-likeness (QED) is 0.629. The molecule has 0 unspecified atom stereocenters. The third-order valence-corrected chi connectivity index (χ3v) is 4.37. The van der Waals surface area contributed by atoms with Crippen molar-refractivity contribution >= 4 is 11.7 Å². The average Bonchev–Trinajstić information content (AvgIpc) is 3.31. The Morgan fingerprint density at radius 3 is 2.47 bits per heavy atom. The van der Waals surface area contributed by atoms with Crippen LogP contribution in [-0.2, 0) is 6.18 Å². The Labute approximate surface area is 164 Å². The molecule has 2 heterocycles. The maximum absolute atomic E-state index is 14.3. The first-order valence-electron chi connectivity index (χ1n) is 8.41. The number of nitrogens with zero attached hydrogens (tertiary/aromatic N) is 3. The molecular weight excluding hydrogens is 418 g/mol. The maximum Gasteiger partial charge on any atom is 0.417 e. The predicted octanol–water partition coefficient (Wildman–Crippen LogP) is 4.37. The molecule has 1 fully saturated rings. The molecule has 12 heteroatoms. The number of hydrogen-bond acceptors (Lipinski definition) is 4. The van der Waals surface area contributed by atoms with Crippen molar-refractivity contribution in [3.63, 3.8) is 0 Å². The number of urea groups is 1. The summed E-state index contributed by atoms with van der Waals surface area (Å²) in [7, 11) is 0. The van der Waals surface area contributed by atoms with E-state index in [1.807, 2.05) is 0 Å². The standard InChI is InChI=1S/C18H10F6N4O2/c19-8-1-2-9(11(5-8)18(22,23)24)15-26-16(30-27-15)10-6-14(13(21)7-12(10)20)28-4-3-25-17(28)29/h1-2,5-7H,3-4H2,(H,25,29). The van der Waals surface area contributed by atoms with Crippen LogP contribution >= 0.6 is 0 Å². The van der Waals surface area contributed by atoms with Crippen LogP contribution in [0.2, 0.25) is 0 Å². The van der Waals surface area contributed by atoms with Crippen molar-refractivity contribution in [2.24, 2.45) is 0 Å². The van der Waals surface area contributed by atoms with Crippen LogP contribution in [0.25, 0.3) is 22.8 Å². The number of rotatable bonds is 3. The topological polar surface area (TPSA) is 71.3 Å². The smallest absolute Gasteiger partial charge is 0.336 e. The summed E-state index contributed by atoms with van der Waals surface area (Å²) in [5.74, 6) is -4.37. The average molecular weight is 428 g/mol. The molecule has 6 nitrogen and oxygen atoms in total. The van der Waals surface area contributed by atoms with E-state index in [9.17, 15) is 31.1 Å². The van der Waals surface area contributed by atoms with Crippen molar-refractivity contribution in [2.45, 2.75) is 6.18 Å². The van der Waals surface area contributed by atoms with Crippen molar-refractivity contribution in [1.29, 1.82) is 0 Å². The summed E-state index contributed by atoms with van der Waals surface area (Å²) >= 11 is 0. The van der Waals surface area contributed by atoms with Crippen LogP contribution < -0.4 is 10.2 Å². The van der Waals surface area contributed by atoms with E-state index < -0.39 is 58.1 Å². The highest BCUT2D eigenvalue weighted by Gasteiger charge is 2.35. The predicted molar refractivity (Wildman–Crippen MR) is 90.8 cm³/mol. The van der Waals surface area contributed by atoms with E-state index in [-0.39, 0.29) is 24.8 Å². The van der Waals surface area contributed by atoms with Gasteiger partial charge in [-0.15, -0.1) is 0 Å². The Bertz CT molecular complexity index is 1140. The summed E-state index contributed by atoms with van der Waals surface area (Å²) in [6.45, 7) is 0.376. The van der Waals surface area contributed by atoms with Gasteiger partial charge in [-0.1, -0.05) is 5.16 Å². The van der Waals surface area contributed by atoms with Gasteiger partial charge in [-0.3, -0.25) is 4.90 Å². The molecular formula is C18H10F6N4O2. The minimum atomic E-state index is -4.91. The number of anilines is 1. The first-order chi connectivity index (χ1) is 14.1. The van der Waals surface area contributed by atoms with Crippen molar-refractivity contribution in [2.75, 3.05) is 18.0 Å². The zero-order chi connectivity index (χ0) is 21.6. The maximum atomic E-state index is 14.3. The van der Waals surface area contributed by atoms with Crippen LogP contribution in [0.4, 0.5) is 36.8 Å². The summed E-state index contributed by atoms with van der Waals surface area (Å²) in [6, 6.07) is 2.71. The number of aromatic nitrogens is 2.